The van der Waals surface area contributed by atoms with E-state index in [0.29, 0.717) is 18.8 Å². The van der Waals surface area contributed by atoms with Crippen LogP contribution in [0.4, 0.5) is 0 Å². The van der Waals surface area contributed by atoms with Gasteiger partial charge in [-0.1, -0.05) is 42.4 Å². The van der Waals surface area contributed by atoms with Gasteiger partial charge in [0, 0.05) is 18.5 Å². The summed E-state index contributed by atoms with van der Waals surface area (Å²) in [4.78, 5) is 0.171. The normalized spacial score (nSPS) is 23.5. The van der Waals surface area contributed by atoms with E-state index in [2.05, 4.69) is 24.2 Å². The molecule has 1 aromatic heterocycles. The molecular formula is C16H20N2O3S. The number of rotatable bonds is 3. The molecule has 0 aliphatic carbocycles. The van der Waals surface area contributed by atoms with Gasteiger partial charge in [-0.15, -0.1) is 0 Å². The fraction of sp³-hybridized carbons (Fsp3) is 0.438. The van der Waals surface area contributed by atoms with Gasteiger partial charge in [0.2, 0.25) is 10.0 Å². The van der Waals surface area contributed by atoms with Crippen LogP contribution < -0.4 is 0 Å². The molecule has 0 unspecified atom stereocenters. The van der Waals surface area contributed by atoms with Gasteiger partial charge in [0.15, 0.2) is 5.76 Å². The van der Waals surface area contributed by atoms with Crippen molar-refractivity contribution in [3.05, 3.63) is 47.9 Å². The van der Waals surface area contributed by atoms with E-state index in [9.17, 15) is 8.42 Å². The maximum Gasteiger partial charge on any atom is 0.248 e. The van der Waals surface area contributed by atoms with Gasteiger partial charge in [0.05, 0.1) is 6.20 Å². The van der Waals surface area contributed by atoms with Crippen molar-refractivity contribution < 1.29 is 12.9 Å². The number of aromatic nitrogens is 1. The number of benzene rings is 1. The lowest BCUT2D eigenvalue weighted by Crippen LogP contribution is -2.47. The van der Waals surface area contributed by atoms with Crippen LogP contribution >= 0.6 is 0 Å². The highest BCUT2D eigenvalue weighted by Gasteiger charge is 2.39. The van der Waals surface area contributed by atoms with Crippen molar-refractivity contribution in [1.82, 2.24) is 9.46 Å². The van der Waals surface area contributed by atoms with Gasteiger partial charge in [0.25, 0.3) is 0 Å². The molecule has 1 atom stereocenters. The van der Waals surface area contributed by atoms with E-state index >= 15 is 0 Å². The van der Waals surface area contributed by atoms with E-state index in [1.54, 1.807) is 11.2 Å². The van der Waals surface area contributed by atoms with Crippen LogP contribution in [-0.2, 0) is 15.4 Å². The summed E-state index contributed by atoms with van der Waals surface area (Å²) in [5, 5.41) is 3.60. The third-order valence-corrected chi connectivity index (χ3v) is 6.40. The highest BCUT2D eigenvalue weighted by Crippen LogP contribution is 2.36. The lowest BCUT2D eigenvalue weighted by Gasteiger charge is -2.40. The summed E-state index contributed by atoms with van der Waals surface area (Å²) in [6, 6.07) is 10.1. The van der Waals surface area contributed by atoms with Crippen LogP contribution in [0.2, 0.25) is 0 Å². The second-order valence-corrected chi connectivity index (χ2v) is 8.02. The molecule has 1 aliphatic heterocycles. The molecule has 2 heterocycles. The van der Waals surface area contributed by atoms with Gasteiger partial charge in [-0.3, -0.25) is 0 Å². The number of hydrogen-bond donors (Lipinski definition) is 0. The Kier molecular flexibility index (Phi) is 3.82. The van der Waals surface area contributed by atoms with Crippen LogP contribution in [0.25, 0.3) is 0 Å². The van der Waals surface area contributed by atoms with Crippen molar-refractivity contribution in [1.29, 1.82) is 0 Å². The fourth-order valence-electron chi connectivity index (χ4n) is 3.15. The van der Waals surface area contributed by atoms with Gasteiger partial charge < -0.3 is 4.52 Å². The molecule has 5 nitrogen and oxygen atoms in total. The summed E-state index contributed by atoms with van der Waals surface area (Å²) in [6.45, 7) is 4.77. The first-order chi connectivity index (χ1) is 10.4. The standard InChI is InChI=1S/C16H20N2O3S/c1-13-15(11-17-21-13)22(19,20)18-10-6-9-16(2,12-18)14-7-4-3-5-8-14/h3-5,7-8,11H,6,9-10,12H2,1-2H3/t16-/m1/s1. The molecule has 1 fully saturated rings. The Morgan fingerprint density at radius 2 is 2.00 bits per heavy atom. The van der Waals surface area contributed by atoms with Crippen LogP contribution in [0, 0.1) is 6.92 Å². The van der Waals surface area contributed by atoms with Crippen LogP contribution in [-0.4, -0.2) is 31.0 Å². The van der Waals surface area contributed by atoms with E-state index in [0.717, 1.165) is 12.8 Å². The lowest BCUT2D eigenvalue weighted by molar-refractivity contribution is 0.240. The van der Waals surface area contributed by atoms with Gasteiger partial charge in [-0.2, -0.15) is 4.31 Å². The molecule has 6 heteroatoms. The number of piperidine rings is 1. The number of aryl methyl sites for hydroxylation is 1. The van der Waals surface area contributed by atoms with Crippen molar-refractivity contribution in [2.24, 2.45) is 0 Å². The van der Waals surface area contributed by atoms with E-state index in [1.807, 2.05) is 18.2 Å². The summed E-state index contributed by atoms with van der Waals surface area (Å²) >= 11 is 0. The lowest BCUT2D eigenvalue weighted by atomic mass is 9.77. The minimum absolute atomic E-state index is 0.169. The summed E-state index contributed by atoms with van der Waals surface area (Å²) in [5.41, 5.74) is 1.01. The zero-order chi connectivity index (χ0) is 15.8. The third kappa shape index (κ3) is 2.57. The fourth-order valence-corrected chi connectivity index (χ4v) is 4.83. The third-order valence-electron chi connectivity index (χ3n) is 4.46. The summed E-state index contributed by atoms with van der Waals surface area (Å²) < 4.78 is 32.1. The quantitative estimate of drug-likeness (QED) is 0.872. The first kappa shape index (κ1) is 15.2. The number of nitrogens with zero attached hydrogens (tertiary/aromatic N) is 2. The van der Waals surface area contributed by atoms with E-state index in [-0.39, 0.29) is 10.3 Å². The van der Waals surface area contributed by atoms with Gasteiger partial charge in [-0.05, 0) is 25.3 Å². The molecule has 0 saturated carbocycles. The minimum atomic E-state index is -3.55. The molecule has 118 valence electrons. The maximum absolute atomic E-state index is 12.8. The molecule has 22 heavy (non-hydrogen) atoms. The Balaban J connectivity index is 1.92. The molecule has 1 saturated heterocycles. The predicted octanol–water partition coefficient (Wildman–Crippen LogP) is 2.73. The Bertz CT molecular complexity index is 755. The molecule has 0 radical (unpaired) electrons. The van der Waals surface area contributed by atoms with Crippen molar-refractivity contribution in [3.63, 3.8) is 0 Å². The Hall–Kier alpha value is -1.66. The van der Waals surface area contributed by atoms with Crippen LogP contribution in [0.1, 0.15) is 31.1 Å². The first-order valence-electron chi connectivity index (χ1n) is 7.40. The smallest absolute Gasteiger partial charge is 0.248 e. The maximum atomic E-state index is 12.8. The van der Waals surface area contributed by atoms with E-state index < -0.39 is 10.0 Å². The Morgan fingerprint density at radius 3 is 2.64 bits per heavy atom. The van der Waals surface area contributed by atoms with Crippen molar-refractivity contribution in [2.45, 2.75) is 37.0 Å². The molecule has 1 aliphatic rings. The van der Waals surface area contributed by atoms with Crippen LogP contribution in [0.5, 0.6) is 0 Å². The van der Waals surface area contributed by atoms with Gasteiger partial charge in [-0.25, -0.2) is 8.42 Å². The first-order valence-corrected chi connectivity index (χ1v) is 8.84. The summed E-state index contributed by atoms with van der Waals surface area (Å²) in [5.74, 6) is 0.340. The average Bonchev–Trinajstić information content (AvgIpc) is 2.95. The summed E-state index contributed by atoms with van der Waals surface area (Å²) in [6.07, 6.45) is 3.11. The molecule has 0 spiro atoms. The minimum Gasteiger partial charge on any atom is -0.360 e. The van der Waals surface area contributed by atoms with Crippen molar-refractivity contribution in [2.75, 3.05) is 13.1 Å². The Morgan fingerprint density at radius 1 is 1.27 bits per heavy atom. The van der Waals surface area contributed by atoms with Crippen LogP contribution in [0.15, 0.2) is 45.9 Å². The topological polar surface area (TPSA) is 63.4 Å². The highest BCUT2D eigenvalue weighted by atomic mass is 32.2. The van der Waals surface area contributed by atoms with Crippen LogP contribution in [0.3, 0.4) is 0 Å². The summed E-state index contributed by atoms with van der Waals surface area (Å²) in [7, 11) is -3.55. The zero-order valence-corrected chi connectivity index (χ0v) is 13.6. The molecular weight excluding hydrogens is 300 g/mol. The van der Waals surface area contributed by atoms with Gasteiger partial charge in [0.1, 0.15) is 4.90 Å². The molecule has 0 N–H and O–H groups in total. The largest absolute Gasteiger partial charge is 0.360 e. The molecule has 3 rings (SSSR count). The molecule has 1 aromatic carbocycles. The van der Waals surface area contributed by atoms with E-state index in [1.165, 1.54) is 11.8 Å². The number of sulfonamides is 1. The Labute approximate surface area is 131 Å². The SMILES string of the molecule is Cc1oncc1S(=O)(=O)N1CCC[C@@](C)(c2ccccc2)C1. The molecule has 0 bridgehead atoms. The zero-order valence-electron chi connectivity index (χ0n) is 12.8. The monoisotopic (exact) mass is 320 g/mol. The second-order valence-electron chi connectivity index (χ2n) is 6.12. The van der Waals surface area contributed by atoms with E-state index in [4.69, 9.17) is 4.52 Å². The van der Waals surface area contributed by atoms with Crippen molar-refractivity contribution in [3.8, 4) is 0 Å². The van der Waals surface area contributed by atoms with Gasteiger partial charge >= 0.3 is 0 Å². The predicted molar refractivity (Wildman–Crippen MR) is 83.0 cm³/mol. The molecule has 0 amide bonds. The highest BCUT2D eigenvalue weighted by molar-refractivity contribution is 7.89. The molecule has 2 aromatic rings. The second kappa shape index (κ2) is 5.52. The average molecular weight is 320 g/mol. The van der Waals surface area contributed by atoms with Crippen molar-refractivity contribution >= 4 is 10.0 Å². The number of hydrogen-bond acceptors (Lipinski definition) is 4.